The van der Waals surface area contributed by atoms with Crippen molar-refractivity contribution < 1.29 is 23.8 Å². The summed E-state index contributed by atoms with van der Waals surface area (Å²) in [5.74, 6) is -2.69. The highest BCUT2D eigenvalue weighted by atomic mass is 16.5. The first-order valence-corrected chi connectivity index (χ1v) is 10.7. The number of para-hydroxylation sites is 1. The number of fused-ring (bicyclic) bond motifs is 2. The maximum absolute atomic E-state index is 13.4. The highest BCUT2D eigenvalue weighted by molar-refractivity contribution is 6.27. The maximum Gasteiger partial charge on any atom is 0.343 e. The topological polar surface area (TPSA) is 93.8 Å². The average Bonchev–Trinajstić information content (AvgIpc) is 3.08. The number of rotatable bonds is 5. The number of benzene rings is 3. The molecule has 0 spiro atoms. The monoisotopic (exact) mass is 440 g/mol. The molecule has 6 heteroatoms. The summed E-state index contributed by atoms with van der Waals surface area (Å²) < 4.78 is 11.0. The number of ether oxygens (including phenoxy) is 1. The molecule has 0 radical (unpaired) electrons. The van der Waals surface area contributed by atoms with Crippen molar-refractivity contribution in [3.8, 4) is 11.5 Å². The first-order valence-electron chi connectivity index (χ1n) is 10.7. The third-order valence-electron chi connectivity index (χ3n) is 6.04. The third-order valence-corrected chi connectivity index (χ3v) is 6.04. The third kappa shape index (κ3) is 3.31. The molecule has 1 aliphatic carbocycles. The van der Waals surface area contributed by atoms with Gasteiger partial charge in [0.2, 0.25) is 0 Å². The Morgan fingerprint density at radius 2 is 1.48 bits per heavy atom. The van der Waals surface area contributed by atoms with Crippen LogP contribution in [-0.4, -0.2) is 23.3 Å². The Morgan fingerprint density at radius 1 is 0.879 bits per heavy atom. The van der Waals surface area contributed by atoms with Crippen molar-refractivity contribution in [3.05, 3.63) is 105 Å². The van der Waals surface area contributed by atoms with Crippen LogP contribution in [0.15, 0.2) is 82.0 Å². The molecule has 6 nitrogen and oxygen atoms in total. The molecule has 1 N–H and O–H groups in total. The lowest BCUT2D eigenvalue weighted by molar-refractivity contribution is 0.0824. The van der Waals surface area contributed by atoms with Gasteiger partial charge in [0.15, 0.2) is 11.6 Å². The molecule has 1 aromatic heterocycles. The molecule has 0 amide bonds. The summed E-state index contributed by atoms with van der Waals surface area (Å²) in [4.78, 5) is 39.9. The normalized spacial score (nSPS) is 14.5. The van der Waals surface area contributed by atoms with Crippen LogP contribution in [0.4, 0.5) is 0 Å². The van der Waals surface area contributed by atoms with Gasteiger partial charge in [-0.25, -0.2) is 4.79 Å². The molecule has 3 aromatic carbocycles. The van der Waals surface area contributed by atoms with Crippen molar-refractivity contribution in [2.45, 2.75) is 12.8 Å². The Kier molecular flexibility index (Phi) is 5.05. The van der Waals surface area contributed by atoms with Crippen LogP contribution in [-0.2, 0) is 0 Å². The smallest absolute Gasteiger partial charge is 0.343 e. The van der Waals surface area contributed by atoms with E-state index in [1.165, 1.54) is 0 Å². The second-order valence-corrected chi connectivity index (χ2v) is 7.88. The van der Waals surface area contributed by atoms with E-state index in [1.807, 2.05) is 6.92 Å². The van der Waals surface area contributed by atoms with Gasteiger partial charge in [0.1, 0.15) is 17.1 Å². The van der Waals surface area contributed by atoms with Crippen LogP contribution in [0.5, 0.6) is 11.5 Å². The van der Waals surface area contributed by atoms with Gasteiger partial charge in [0, 0.05) is 17.0 Å². The number of aromatic hydroxyl groups is 1. The largest absolute Gasteiger partial charge is 0.507 e. The standard InChI is InChI=1S/C27H20O6/c1-2-32-16-13-11-15(12-14-16)21(22-24(28)17-7-3-4-8-18(17)25(22)29)23-26(30)19-9-5-6-10-20(19)33-27(23)31/h3-14,21-22,30H,2H2,1H3. The van der Waals surface area contributed by atoms with Crippen molar-refractivity contribution in [2.24, 2.45) is 5.92 Å². The summed E-state index contributed by atoms with van der Waals surface area (Å²) in [6.07, 6.45) is 0. The fraction of sp³-hybridized carbons (Fsp3) is 0.148. The van der Waals surface area contributed by atoms with Gasteiger partial charge in [-0.05, 0) is 36.8 Å². The molecule has 0 fully saturated rings. The van der Waals surface area contributed by atoms with Gasteiger partial charge in [-0.1, -0.05) is 48.5 Å². The minimum absolute atomic E-state index is 0.114. The molecule has 0 aliphatic heterocycles. The highest BCUT2D eigenvalue weighted by Crippen LogP contribution is 2.44. The maximum atomic E-state index is 13.4. The van der Waals surface area contributed by atoms with Gasteiger partial charge in [-0.15, -0.1) is 0 Å². The van der Waals surface area contributed by atoms with Crippen LogP contribution in [0.25, 0.3) is 11.0 Å². The van der Waals surface area contributed by atoms with Crippen molar-refractivity contribution >= 4 is 22.5 Å². The molecule has 1 atom stereocenters. The second kappa shape index (κ2) is 8.06. The van der Waals surface area contributed by atoms with Gasteiger partial charge < -0.3 is 14.3 Å². The molecule has 4 aromatic rings. The molecule has 164 valence electrons. The lowest BCUT2D eigenvalue weighted by Gasteiger charge is -2.23. The fourth-order valence-electron chi connectivity index (χ4n) is 4.56. The Morgan fingerprint density at radius 3 is 2.12 bits per heavy atom. The first kappa shape index (κ1) is 20.7. The first-order chi connectivity index (χ1) is 16.0. The van der Waals surface area contributed by atoms with E-state index >= 15 is 0 Å². The summed E-state index contributed by atoms with van der Waals surface area (Å²) >= 11 is 0. The molecular formula is C27H20O6. The van der Waals surface area contributed by atoms with Crippen molar-refractivity contribution in [1.82, 2.24) is 0 Å². The second-order valence-electron chi connectivity index (χ2n) is 7.88. The summed E-state index contributed by atoms with van der Waals surface area (Å²) in [5, 5.41) is 11.5. The van der Waals surface area contributed by atoms with Gasteiger partial charge in [0.05, 0.1) is 23.5 Å². The number of carbonyl (C=O) groups excluding carboxylic acids is 2. The van der Waals surface area contributed by atoms with E-state index in [9.17, 15) is 19.5 Å². The molecule has 1 heterocycles. The van der Waals surface area contributed by atoms with E-state index in [-0.39, 0.29) is 28.5 Å². The van der Waals surface area contributed by atoms with Crippen molar-refractivity contribution in [1.29, 1.82) is 0 Å². The SMILES string of the molecule is CCOc1ccc(C(c2c(O)c3ccccc3oc2=O)C2C(=O)c3ccccc3C2=O)cc1. The summed E-state index contributed by atoms with van der Waals surface area (Å²) in [6, 6.07) is 20.0. The van der Waals surface area contributed by atoms with Gasteiger partial charge in [-0.2, -0.15) is 0 Å². The van der Waals surface area contributed by atoms with Crippen LogP contribution in [0, 0.1) is 5.92 Å². The number of hydrogen-bond acceptors (Lipinski definition) is 6. The average molecular weight is 440 g/mol. The van der Waals surface area contributed by atoms with Gasteiger partial charge >= 0.3 is 5.63 Å². The van der Waals surface area contributed by atoms with Crippen LogP contribution in [0.1, 0.15) is 44.7 Å². The van der Waals surface area contributed by atoms with Crippen LogP contribution >= 0.6 is 0 Å². The van der Waals surface area contributed by atoms with E-state index in [0.717, 1.165) is 0 Å². The van der Waals surface area contributed by atoms with E-state index in [0.29, 0.717) is 34.4 Å². The predicted octanol–water partition coefficient (Wildman–Crippen LogP) is 4.72. The molecule has 1 unspecified atom stereocenters. The van der Waals surface area contributed by atoms with Crippen LogP contribution in [0.3, 0.4) is 0 Å². The molecule has 0 saturated carbocycles. The Bertz CT molecular complexity index is 1410. The fourth-order valence-corrected chi connectivity index (χ4v) is 4.56. The lowest BCUT2D eigenvalue weighted by Crippen LogP contribution is -2.28. The van der Waals surface area contributed by atoms with E-state index in [4.69, 9.17) is 9.15 Å². The minimum Gasteiger partial charge on any atom is -0.507 e. The number of carbonyl (C=O) groups is 2. The highest BCUT2D eigenvalue weighted by Gasteiger charge is 2.46. The number of Topliss-reactive ketones (excluding diaryl/α,β-unsaturated/α-hetero) is 2. The van der Waals surface area contributed by atoms with Crippen LogP contribution < -0.4 is 10.4 Å². The molecule has 0 bridgehead atoms. The van der Waals surface area contributed by atoms with Gasteiger partial charge in [0.25, 0.3) is 0 Å². The minimum atomic E-state index is -1.20. The van der Waals surface area contributed by atoms with Crippen molar-refractivity contribution in [3.63, 3.8) is 0 Å². The van der Waals surface area contributed by atoms with Crippen LogP contribution in [0.2, 0.25) is 0 Å². The van der Waals surface area contributed by atoms with E-state index in [2.05, 4.69) is 0 Å². The zero-order valence-corrected chi connectivity index (χ0v) is 17.8. The zero-order chi connectivity index (χ0) is 23.1. The quantitative estimate of drug-likeness (QED) is 0.356. The molecule has 33 heavy (non-hydrogen) atoms. The molecule has 0 saturated heterocycles. The number of hydrogen-bond donors (Lipinski definition) is 1. The summed E-state index contributed by atoms with van der Waals surface area (Å²) in [7, 11) is 0. The Labute approximate surface area is 189 Å². The predicted molar refractivity (Wildman–Crippen MR) is 122 cm³/mol. The van der Waals surface area contributed by atoms with Crippen molar-refractivity contribution in [2.75, 3.05) is 6.61 Å². The molecule has 5 rings (SSSR count). The zero-order valence-electron chi connectivity index (χ0n) is 17.8. The summed E-state index contributed by atoms with van der Waals surface area (Å²) in [6.45, 7) is 2.34. The molecule has 1 aliphatic rings. The van der Waals surface area contributed by atoms with E-state index in [1.54, 1.807) is 72.8 Å². The Hall–Kier alpha value is -4.19. The Balaban J connectivity index is 1.75. The summed E-state index contributed by atoms with van der Waals surface area (Å²) in [5.41, 5.74) is 0.470. The van der Waals surface area contributed by atoms with E-state index < -0.39 is 17.5 Å². The number of ketones is 2. The van der Waals surface area contributed by atoms with Gasteiger partial charge in [-0.3, -0.25) is 9.59 Å². The lowest BCUT2D eigenvalue weighted by atomic mass is 9.78. The molecular weight excluding hydrogens is 420 g/mol.